The molecule has 0 aromatic carbocycles. The number of hydrogen-bond donors (Lipinski definition) is 1. The lowest BCUT2D eigenvalue weighted by Gasteiger charge is -2.21. The molecule has 98 valence electrons. The second-order valence-electron chi connectivity index (χ2n) is 4.57. The molecule has 0 saturated carbocycles. The Balaban J connectivity index is 2.66. The van der Waals surface area contributed by atoms with E-state index in [1.54, 1.807) is 0 Å². The SMILES string of the molecule is CCCNC(CC(CC)CC)c1ccc(Cl)o1. The minimum absolute atomic E-state index is 0.298. The molecule has 1 unspecified atom stereocenters. The molecular weight excluding hydrogens is 234 g/mol. The van der Waals surface area contributed by atoms with Crippen LogP contribution in [0.15, 0.2) is 16.5 Å². The normalized spacial score (nSPS) is 13.2. The molecule has 3 heteroatoms. The van der Waals surface area contributed by atoms with Crippen LogP contribution in [0.5, 0.6) is 0 Å². The Labute approximate surface area is 110 Å². The Morgan fingerprint density at radius 2 is 1.94 bits per heavy atom. The first-order valence-electron chi connectivity index (χ1n) is 6.69. The van der Waals surface area contributed by atoms with E-state index in [9.17, 15) is 0 Å². The summed E-state index contributed by atoms with van der Waals surface area (Å²) in [7, 11) is 0. The van der Waals surface area contributed by atoms with Crippen molar-refractivity contribution in [3.05, 3.63) is 23.1 Å². The first kappa shape index (κ1) is 14.6. The van der Waals surface area contributed by atoms with Crippen LogP contribution in [0.3, 0.4) is 0 Å². The third kappa shape index (κ3) is 4.72. The van der Waals surface area contributed by atoms with Gasteiger partial charge in [-0.05, 0) is 49.0 Å². The summed E-state index contributed by atoms with van der Waals surface area (Å²) in [6, 6.07) is 4.11. The fourth-order valence-electron chi connectivity index (χ4n) is 2.09. The number of furan rings is 1. The fraction of sp³-hybridized carbons (Fsp3) is 0.714. The maximum Gasteiger partial charge on any atom is 0.193 e. The molecule has 0 spiro atoms. The van der Waals surface area contributed by atoms with E-state index >= 15 is 0 Å². The van der Waals surface area contributed by atoms with Crippen LogP contribution in [0.25, 0.3) is 0 Å². The van der Waals surface area contributed by atoms with E-state index in [4.69, 9.17) is 16.0 Å². The van der Waals surface area contributed by atoms with Gasteiger partial charge in [-0.1, -0.05) is 33.6 Å². The molecule has 0 saturated heterocycles. The molecule has 0 aliphatic carbocycles. The largest absolute Gasteiger partial charge is 0.448 e. The van der Waals surface area contributed by atoms with Gasteiger partial charge in [0.05, 0.1) is 6.04 Å². The Morgan fingerprint density at radius 3 is 2.41 bits per heavy atom. The van der Waals surface area contributed by atoms with Crippen molar-refractivity contribution in [3.8, 4) is 0 Å². The van der Waals surface area contributed by atoms with Gasteiger partial charge in [0, 0.05) is 0 Å². The van der Waals surface area contributed by atoms with Gasteiger partial charge in [-0.25, -0.2) is 0 Å². The highest BCUT2D eigenvalue weighted by Gasteiger charge is 2.18. The van der Waals surface area contributed by atoms with Gasteiger partial charge in [-0.15, -0.1) is 0 Å². The molecule has 17 heavy (non-hydrogen) atoms. The second kappa shape index (κ2) is 7.78. The zero-order chi connectivity index (χ0) is 12.7. The van der Waals surface area contributed by atoms with E-state index in [0.717, 1.165) is 31.1 Å². The molecule has 1 heterocycles. The van der Waals surface area contributed by atoms with Crippen molar-refractivity contribution in [3.63, 3.8) is 0 Å². The van der Waals surface area contributed by atoms with Crippen LogP contribution in [-0.2, 0) is 0 Å². The van der Waals surface area contributed by atoms with Gasteiger partial charge in [0.15, 0.2) is 5.22 Å². The quantitative estimate of drug-likeness (QED) is 0.724. The lowest BCUT2D eigenvalue weighted by molar-refractivity contribution is 0.329. The average molecular weight is 258 g/mol. The maximum absolute atomic E-state index is 5.85. The Kier molecular flexibility index (Phi) is 6.68. The molecule has 0 aliphatic rings. The van der Waals surface area contributed by atoms with Crippen molar-refractivity contribution in [2.45, 2.75) is 52.5 Å². The van der Waals surface area contributed by atoms with Crippen molar-refractivity contribution in [1.82, 2.24) is 5.32 Å². The second-order valence-corrected chi connectivity index (χ2v) is 4.94. The monoisotopic (exact) mass is 257 g/mol. The van der Waals surface area contributed by atoms with Gasteiger partial charge in [0.1, 0.15) is 5.76 Å². The Bertz CT molecular complexity index is 307. The zero-order valence-electron chi connectivity index (χ0n) is 11.1. The van der Waals surface area contributed by atoms with E-state index < -0.39 is 0 Å². The summed E-state index contributed by atoms with van der Waals surface area (Å²) in [5.41, 5.74) is 0. The third-order valence-electron chi connectivity index (χ3n) is 3.30. The van der Waals surface area contributed by atoms with E-state index in [1.165, 1.54) is 12.8 Å². The molecule has 1 aromatic heterocycles. The topological polar surface area (TPSA) is 25.2 Å². The minimum Gasteiger partial charge on any atom is -0.448 e. The lowest BCUT2D eigenvalue weighted by atomic mass is 9.93. The van der Waals surface area contributed by atoms with Crippen LogP contribution in [0.2, 0.25) is 5.22 Å². The van der Waals surface area contributed by atoms with E-state index in [-0.39, 0.29) is 0 Å². The molecule has 0 bridgehead atoms. The average Bonchev–Trinajstić information content (AvgIpc) is 2.76. The summed E-state index contributed by atoms with van der Waals surface area (Å²) in [6.45, 7) is 7.69. The number of rotatable bonds is 8. The van der Waals surface area contributed by atoms with Crippen molar-refractivity contribution in [2.24, 2.45) is 5.92 Å². The van der Waals surface area contributed by atoms with Crippen LogP contribution in [0.4, 0.5) is 0 Å². The van der Waals surface area contributed by atoms with Crippen molar-refractivity contribution >= 4 is 11.6 Å². The first-order valence-corrected chi connectivity index (χ1v) is 7.07. The van der Waals surface area contributed by atoms with Crippen molar-refractivity contribution in [2.75, 3.05) is 6.54 Å². The van der Waals surface area contributed by atoms with Gasteiger partial charge in [-0.3, -0.25) is 0 Å². The molecule has 0 radical (unpaired) electrons. The van der Waals surface area contributed by atoms with Crippen LogP contribution in [-0.4, -0.2) is 6.54 Å². The predicted molar refractivity (Wildman–Crippen MR) is 73.4 cm³/mol. The van der Waals surface area contributed by atoms with E-state index in [1.807, 2.05) is 12.1 Å². The summed E-state index contributed by atoms with van der Waals surface area (Å²) in [4.78, 5) is 0. The summed E-state index contributed by atoms with van der Waals surface area (Å²) in [6.07, 6.45) is 4.69. The van der Waals surface area contributed by atoms with E-state index in [0.29, 0.717) is 11.3 Å². The van der Waals surface area contributed by atoms with Gasteiger partial charge in [0.25, 0.3) is 0 Å². The highest BCUT2D eigenvalue weighted by molar-refractivity contribution is 6.28. The summed E-state index contributed by atoms with van der Waals surface area (Å²) in [5, 5.41) is 4.03. The number of halogens is 1. The van der Waals surface area contributed by atoms with Crippen LogP contribution >= 0.6 is 11.6 Å². The molecular formula is C14H24ClNO. The standard InChI is InChI=1S/C14H24ClNO/c1-4-9-16-12(10-11(5-2)6-3)13-7-8-14(15)17-13/h7-8,11-12,16H,4-6,9-10H2,1-3H3. The number of hydrogen-bond acceptors (Lipinski definition) is 2. The molecule has 0 fully saturated rings. The van der Waals surface area contributed by atoms with Gasteiger partial charge in [-0.2, -0.15) is 0 Å². The lowest BCUT2D eigenvalue weighted by Crippen LogP contribution is -2.24. The first-order chi connectivity index (χ1) is 8.21. The minimum atomic E-state index is 0.298. The fourth-order valence-corrected chi connectivity index (χ4v) is 2.24. The predicted octanol–water partition coefficient (Wildman–Crippen LogP) is 4.80. The maximum atomic E-state index is 5.85. The highest BCUT2D eigenvalue weighted by Crippen LogP contribution is 2.27. The third-order valence-corrected chi connectivity index (χ3v) is 3.51. The molecule has 1 N–H and O–H groups in total. The summed E-state index contributed by atoms with van der Waals surface area (Å²) in [5.74, 6) is 1.71. The molecule has 0 amide bonds. The summed E-state index contributed by atoms with van der Waals surface area (Å²) >= 11 is 5.85. The van der Waals surface area contributed by atoms with Crippen molar-refractivity contribution < 1.29 is 4.42 Å². The van der Waals surface area contributed by atoms with Gasteiger partial charge >= 0.3 is 0 Å². The molecule has 0 aliphatic heterocycles. The highest BCUT2D eigenvalue weighted by atomic mass is 35.5. The van der Waals surface area contributed by atoms with Crippen LogP contribution in [0, 0.1) is 5.92 Å². The molecule has 2 nitrogen and oxygen atoms in total. The Morgan fingerprint density at radius 1 is 1.24 bits per heavy atom. The zero-order valence-corrected chi connectivity index (χ0v) is 11.9. The summed E-state index contributed by atoms with van der Waals surface area (Å²) < 4.78 is 5.54. The van der Waals surface area contributed by atoms with Crippen LogP contribution < -0.4 is 5.32 Å². The molecule has 1 rings (SSSR count). The van der Waals surface area contributed by atoms with Gasteiger partial charge < -0.3 is 9.73 Å². The Hall–Kier alpha value is -0.470. The molecule has 1 atom stereocenters. The van der Waals surface area contributed by atoms with Crippen molar-refractivity contribution in [1.29, 1.82) is 0 Å². The molecule has 1 aromatic rings. The number of nitrogens with one attached hydrogen (secondary N) is 1. The van der Waals surface area contributed by atoms with E-state index in [2.05, 4.69) is 26.1 Å². The smallest absolute Gasteiger partial charge is 0.193 e. The van der Waals surface area contributed by atoms with Crippen LogP contribution in [0.1, 0.15) is 58.3 Å². The van der Waals surface area contributed by atoms with Gasteiger partial charge in [0.2, 0.25) is 0 Å².